The van der Waals surface area contributed by atoms with E-state index >= 15 is 0 Å². The third-order valence-electron chi connectivity index (χ3n) is 6.37. The van der Waals surface area contributed by atoms with Gasteiger partial charge in [0.1, 0.15) is 0 Å². The summed E-state index contributed by atoms with van der Waals surface area (Å²) in [4.78, 5) is 18.3. The van der Waals surface area contributed by atoms with Crippen LogP contribution in [-0.2, 0) is 25.5 Å². The van der Waals surface area contributed by atoms with E-state index in [2.05, 4.69) is 24.0 Å². The number of nitrogens with zero attached hydrogens (tertiary/aromatic N) is 1. The first-order chi connectivity index (χ1) is 12.8. The first-order valence-corrected chi connectivity index (χ1v) is 11.4. The molecule has 2 atom stereocenters. The maximum atomic E-state index is 12.7. The summed E-state index contributed by atoms with van der Waals surface area (Å²) >= 11 is 0. The van der Waals surface area contributed by atoms with E-state index in [1.54, 1.807) is 0 Å². The largest absolute Gasteiger partial charge is 0.356 e. The van der Waals surface area contributed by atoms with Crippen molar-refractivity contribution < 1.29 is 17.4 Å². The van der Waals surface area contributed by atoms with Gasteiger partial charge in [0.15, 0.2) is 0 Å². The molecule has 0 saturated carbocycles. The van der Waals surface area contributed by atoms with E-state index in [4.69, 9.17) is 4.18 Å². The summed E-state index contributed by atoms with van der Waals surface area (Å²) in [6, 6.07) is 8.21. The van der Waals surface area contributed by atoms with Gasteiger partial charge in [-0.2, -0.15) is 8.42 Å². The average molecular weight is 391 g/mol. The summed E-state index contributed by atoms with van der Waals surface area (Å²) in [5, 5.41) is 1.22. The Labute approximate surface area is 160 Å². The van der Waals surface area contributed by atoms with Crippen LogP contribution in [0.25, 0.3) is 10.9 Å². The number of hydrogen-bond donors (Lipinski definition) is 1. The molecule has 2 aliphatic rings. The zero-order valence-corrected chi connectivity index (χ0v) is 16.6. The number of amides is 1. The number of rotatable bonds is 5. The van der Waals surface area contributed by atoms with E-state index in [9.17, 15) is 13.2 Å². The van der Waals surface area contributed by atoms with Gasteiger partial charge in [-0.1, -0.05) is 25.1 Å². The lowest BCUT2D eigenvalue weighted by atomic mass is 9.66. The van der Waals surface area contributed by atoms with Gasteiger partial charge in [0.2, 0.25) is 5.91 Å². The fourth-order valence-corrected chi connectivity index (χ4v) is 5.37. The van der Waals surface area contributed by atoms with Crippen LogP contribution < -0.4 is 0 Å². The number of benzene rings is 1. The predicted octanol–water partition coefficient (Wildman–Crippen LogP) is 3.15. The molecule has 2 aliphatic heterocycles. The lowest BCUT2D eigenvalue weighted by Crippen LogP contribution is -2.52. The minimum absolute atomic E-state index is 0.0527. The van der Waals surface area contributed by atoms with Crippen molar-refractivity contribution in [2.24, 2.45) is 5.41 Å². The summed E-state index contributed by atoms with van der Waals surface area (Å²) in [6.45, 7) is 3.00. The van der Waals surface area contributed by atoms with Gasteiger partial charge in [0.25, 0.3) is 10.1 Å². The lowest BCUT2D eigenvalue weighted by Gasteiger charge is -2.51. The number of hydrogen-bond acceptors (Lipinski definition) is 4. The van der Waals surface area contributed by atoms with Crippen LogP contribution in [0.15, 0.2) is 24.3 Å². The van der Waals surface area contributed by atoms with E-state index in [0.29, 0.717) is 19.4 Å². The highest BCUT2D eigenvalue weighted by atomic mass is 32.2. The molecule has 0 spiro atoms. The third kappa shape index (κ3) is 3.17. The zero-order valence-electron chi connectivity index (χ0n) is 15.8. The van der Waals surface area contributed by atoms with Crippen LogP contribution >= 0.6 is 0 Å². The molecule has 27 heavy (non-hydrogen) atoms. The number of piperidine rings is 1. The molecule has 1 aromatic heterocycles. The van der Waals surface area contributed by atoms with Crippen LogP contribution in [0.3, 0.4) is 0 Å². The van der Waals surface area contributed by atoms with Crippen molar-refractivity contribution in [3.05, 3.63) is 35.5 Å². The van der Waals surface area contributed by atoms with Crippen LogP contribution in [-0.4, -0.2) is 43.6 Å². The van der Waals surface area contributed by atoms with Crippen molar-refractivity contribution >= 4 is 26.9 Å². The van der Waals surface area contributed by atoms with Crippen LogP contribution in [0.4, 0.5) is 0 Å². The van der Waals surface area contributed by atoms with Crippen LogP contribution in [0.1, 0.15) is 49.9 Å². The number of H-pyrrole nitrogens is 1. The summed E-state index contributed by atoms with van der Waals surface area (Å²) in [5.41, 5.74) is 3.33. The Hall–Kier alpha value is -1.86. The Kier molecular flexibility index (Phi) is 4.55. The number of aromatic nitrogens is 1. The van der Waals surface area contributed by atoms with E-state index in [1.807, 2.05) is 17.0 Å². The minimum atomic E-state index is -3.47. The minimum Gasteiger partial charge on any atom is -0.356 e. The van der Waals surface area contributed by atoms with Gasteiger partial charge in [0.05, 0.1) is 18.9 Å². The van der Waals surface area contributed by atoms with Crippen molar-refractivity contribution in [3.63, 3.8) is 0 Å². The van der Waals surface area contributed by atoms with Gasteiger partial charge in [-0.05, 0) is 42.7 Å². The first kappa shape index (κ1) is 18.5. The number of carbonyl (C=O) groups excluding carboxylic acids is 1. The summed E-state index contributed by atoms with van der Waals surface area (Å²) in [7, 11) is -3.47. The molecule has 1 N–H and O–H groups in total. The Morgan fingerprint density at radius 2 is 2.07 bits per heavy atom. The Balaban J connectivity index is 1.77. The highest BCUT2D eigenvalue weighted by Crippen LogP contribution is 2.53. The SMILES string of the molecule is CC[C@]1(CCOS(C)(=O)=O)CCC(=O)N2CCc3c([nH]c4ccccc34)[C@@H]21. The predicted molar refractivity (Wildman–Crippen MR) is 104 cm³/mol. The summed E-state index contributed by atoms with van der Waals surface area (Å²) in [6.07, 6.45) is 4.67. The molecular formula is C20H26N2O4S. The average Bonchev–Trinajstić information content (AvgIpc) is 3.01. The second kappa shape index (κ2) is 6.63. The molecule has 2 aromatic rings. The molecule has 1 aromatic carbocycles. The number of carbonyl (C=O) groups is 1. The molecule has 0 unspecified atom stereocenters. The van der Waals surface area contributed by atoms with Crippen molar-refractivity contribution in [1.29, 1.82) is 0 Å². The van der Waals surface area contributed by atoms with Gasteiger partial charge in [-0.25, -0.2) is 0 Å². The highest BCUT2D eigenvalue weighted by molar-refractivity contribution is 7.85. The van der Waals surface area contributed by atoms with Crippen molar-refractivity contribution in [3.8, 4) is 0 Å². The van der Waals surface area contributed by atoms with E-state index in [-0.39, 0.29) is 24.0 Å². The number of aromatic amines is 1. The van der Waals surface area contributed by atoms with Crippen molar-refractivity contribution in [1.82, 2.24) is 9.88 Å². The first-order valence-electron chi connectivity index (χ1n) is 9.58. The van der Waals surface area contributed by atoms with E-state index < -0.39 is 10.1 Å². The van der Waals surface area contributed by atoms with Gasteiger partial charge in [-0.3, -0.25) is 8.98 Å². The molecule has 1 amide bonds. The van der Waals surface area contributed by atoms with Gasteiger partial charge in [-0.15, -0.1) is 0 Å². The second-order valence-corrected chi connectivity index (χ2v) is 9.44. The van der Waals surface area contributed by atoms with E-state index in [1.165, 1.54) is 10.9 Å². The Morgan fingerprint density at radius 1 is 1.30 bits per heavy atom. The zero-order chi connectivity index (χ0) is 19.2. The monoisotopic (exact) mass is 390 g/mol. The normalized spacial score (nSPS) is 25.5. The van der Waals surface area contributed by atoms with Gasteiger partial charge in [0, 0.05) is 29.6 Å². The molecule has 0 aliphatic carbocycles. The van der Waals surface area contributed by atoms with Gasteiger partial charge >= 0.3 is 0 Å². The number of fused-ring (bicyclic) bond motifs is 5. The summed E-state index contributed by atoms with van der Waals surface area (Å²) < 4.78 is 27.9. The Bertz CT molecular complexity index is 981. The standard InChI is InChI=1S/C20H26N2O4S/c1-3-20(11-13-26-27(2,24)25)10-8-17(23)22-12-9-15-14-6-4-5-7-16(14)21-18(15)19(20)22/h4-7,19,21H,3,8-13H2,1-2H3/t19-,20-/m1/s1. The quantitative estimate of drug-likeness (QED) is 0.796. The molecule has 0 bridgehead atoms. The fraction of sp³-hybridized carbons (Fsp3) is 0.550. The molecule has 4 rings (SSSR count). The lowest BCUT2D eigenvalue weighted by molar-refractivity contribution is -0.146. The number of nitrogens with one attached hydrogen (secondary N) is 1. The second-order valence-electron chi connectivity index (χ2n) is 7.79. The molecule has 7 heteroatoms. The molecule has 1 fully saturated rings. The summed E-state index contributed by atoms with van der Waals surface area (Å²) in [5.74, 6) is 0.192. The smallest absolute Gasteiger partial charge is 0.264 e. The molecular weight excluding hydrogens is 364 g/mol. The van der Waals surface area contributed by atoms with Crippen molar-refractivity contribution in [2.45, 2.75) is 45.1 Å². The van der Waals surface area contributed by atoms with Crippen LogP contribution in [0, 0.1) is 5.41 Å². The molecule has 146 valence electrons. The molecule has 6 nitrogen and oxygen atoms in total. The van der Waals surface area contributed by atoms with Crippen molar-refractivity contribution in [2.75, 3.05) is 19.4 Å². The third-order valence-corrected chi connectivity index (χ3v) is 6.97. The fourth-order valence-electron chi connectivity index (χ4n) is 4.99. The molecule has 3 heterocycles. The van der Waals surface area contributed by atoms with E-state index in [0.717, 1.165) is 36.7 Å². The maximum Gasteiger partial charge on any atom is 0.264 e. The Morgan fingerprint density at radius 3 is 2.81 bits per heavy atom. The number of para-hydroxylation sites is 1. The van der Waals surface area contributed by atoms with Crippen LogP contribution in [0.2, 0.25) is 0 Å². The van der Waals surface area contributed by atoms with Crippen LogP contribution in [0.5, 0.6) is 0 Å². The maximum absolute atomic E-state index is 12.7. The molecule has 1 saturated heterocycles. The topological polar surface area (TPSA) is 79.5 Å². The van der Waals surface area contributed by atoms with Gasteiger partial charge < -0.3 is 9.88 Å². The highest BCUT2D eigenvalue weighted by Gasteiger charge is 2.49. The molecule has 0 radical (unpaired) electrons.